The van der Waals surface area contributed by atoms with Gasteiger partial charge >= 0.3 is 13.8 Å². The number of aliphatic carboxylic acids is 1. The van der Waals surface area contributed by atoms with Gasteiger partial charge in [0.15, 0.2) is 0 Å². The summed E-state index contributed by atoms with van der Waals surface area (Å²) in [5.41, 5.74) is 3.80. The third-order valence-electron chi connectivity index (χ3n) is 4.87. The van der Waals surface area contributed by atoms with Crippen molar-refractivity contribution in [1.82, 2.24) is 0 Å². The summed E-state index contributed by atoms with van der Waals surface area (Å²) in [5, 5.41) is 19.1. The molecule has 0 heterocycles. The fourth-order valence-corrected chi connectivity index (χ4v) is 3.84. The lowest BCUT2D eigenvalue weighted by molar-refractivity contribution is -0.139. The molecule has 6 N–H and O–H groups in total. The molecule has 0 bridgehead atoms. The van der Waals surface area contributed by atoms with Crippen LogP contribution in [-0.4, -0.2) is 37.8 Å². The van der Waals surface area contributed by atoms with Gasteiger partial charge in [0, 0.05) is 6.42 Å². The number of aliphatic hydroxyl groups is 1. The van der Waals surface area contributed by atoms with Crippen molar-refractivity contribution >= 4 is 13.8 Å². The Morgan fingerprint density at radius 3 is 1.79 bits per heavy atom. The van der Waals surface area contributed by atoms with Crippen LogP contribution in [0.25, 0.3) is 0 Å². The van der Waals surface area contributed by atoms with Crippen LogP contribution in [0, 0.1) is 0 Å². The first-order valence-corrected chi connectivity index (χ1v) is 12.1. The van der Waals surface area contributed by atoms with Crippen LogP contribution in [0.1, 0.15) is 103 Å². The van der Waals surface area contributed by atoms with Crippen LogP contribution in [0.4, 0.5) is 0 Å². The molecule has 9 heteroatoms. The van der Waals surface area contributed by atoms with Crippen molar-refractivity contribution in [3.05, 3.63) is 0 Å². The second-order valence-corrected chi connectivity index (χ2v) is 8.84. The normalized spacial score (nSPS) is 15.3. The Bertz CT molecular complexity index is 454. The number of carboxylic acid groups (broad SMARTS) is 1. The van der Waals surface area contributed by atoms with E-state index in [4.69, 9.17) is 20.6 Å². The van der Waals surface area contributed by atoms with Crippen LogP contribution >= 0.6 is 7.82 Å². The van der Waals surface area contributed by atoms with Gasteiger partial charge in [0.1, 0.15) is 11.8 Å². The molecule has 0 amide bonds. The Labute approximate surface area is 169 Å². The largest absolute Gasteiger partial charge is 0.481 e. The lowest BCUT2D eigenvalue weighted by Crippen LogP contribution is -2.51. The van der Waals surface area contributed by atoms with Crippen molar-refractivity contribution in [3.63, 3.8) is 0 Å². The first-order valence-electron chi connectivity index (χ1n) is 10.6. The molecule has 168 valence electrons. The van der Waals surface area contributed by atoms with Crippen molar-refractivity contribution in [2.75, 3.05) is 0 Å². The van der Waals surface area contributed by atoms with Crippen LogP contribution in [0.15, 0.2) is 0 Å². The summed E-state index contributed by atoms with van der Waals surface area (Å²) < 4.78 is 15.6. The van der Waals surface area contributed by atoms with Gasteiger partial charge in [0.2, 0.25) is 0 Å². The maximum Gasteiger partial charge on any atom is 0.470 e. The summed E-state index contributed by atoms with van der Waals surface area (Å²) >= 11 is 0. The average molecular weight is 426 g/mol. The average Bonchev–Trinajstić information content (AvgIpc) is 2.58. The predicted octanol–water partition coefficient (Wildman–Crippen LogP) is 4.07. The number of phosphoric ester groups is 1. The van der Waals surface area contributed by atoms with Crippen molar-refractivity contribution in [1.29, 1.82) is 0 Å². The molecular weight excluding hydrogens is 385 g/mol. The van der Waals surface area contributed by atoms with Crippen LogP contribution in [-0.2, 0) is 13.9 Å². The van der Waals surface area contributed by atoms with Crippen LogP contribution in [0.3, 0.4) is 0 Å². The maximum atomic E-state index is 11.1. The molecule has 0 aromatic carbocycles. The van der Waals surface area contributed by atoms with E-state index in [1.54, 1.807) is 0 Å². The van der Waals surface area contributed by atoms with Crippen molar-refractivity contribution in [2.45, 2.75) is 115 Å². The third kappa shape index (κ3) is 16.5. The van der Waals surface area contributed by atoms with Crippen molar-refractivity contribution in [2.24, 2.45) is 5.73 Å². The molecule has 0 aromatic rings. The van der Waals surface area contributed by atoms with Gasteiger partial charge < -0.3 is 25.7 Å². The van der Waals surface area contributed by atoms with E-state index < -0.39 is 32.0 Å². The van der Waals surface area contributed by atoms with Crippen LogP contribution in [0.2, 0.25) is 0 Å². The molecule has 0 rings (SSSR count). The van der Waals surface area contributed by atoms with E-state index in [0.717, 1.165) is 19.3 Å². The van der Waals surface area contributed by atoms with E-state index in [1.807, 2.05) is 0 Å². The SMILES string of the molecule is CCCCCCCCCCCCCCC(N)(O)C(CCC(=O)O)OP(=O)(O)O. The molecule has 2 unspecified atom stereocenters. The van der Waals surface area contributed by atoms with E-state index in [-0.39, 0.29) is 12.8 Å². The minimum absolute atomic E-state index is 0.0920. The summed E-state index contributed by atoms with van der Waals surface area (Å²) in [4.78, 5) is 28.6. The molecule has 0 aromatic heterocycles. The second kappa shape index (κ2) is 15.4. The minimum Gasteiger partial charge on any atom is -0.481 e. The first-order chi connectivity index (χ1) is 13.1. The van der Waals surface area contributed by atoms with Gasteiger partial charge in [-0.15, -0.1) is 0 Å². The predicted molar refractivity (Wildman–Crippen MR) is 109 cm³/mol. The van der Waals surface area contributed by atoms with E-state index in [9.17, 15) is 14.5 Å². The Kier molecular flexibility index (Phi) is 15.1. The Hall–Kier alpha value is -0.500. The highest BCUT2D eigenvalue weighted by Crippen LogP contribution is 2.41. The molecule has 0 aliphatic heterocycles. The van der Waals surface area contributed by atoms with E-state index >= 15 is 0 Å². The minimum atomic E-state index is -4.88. The van der Waals surface area contributed by atoms with Crippen molar-refractivity contribution < 1.29 is 33.9 Å². The summed E-state index contributed by atoms with van der Waals surface area (Å²) in [6.45, 7) is 2.21. The molecule has 0 aliphatic carbocycles. The maximum absolute atomic E-state index is 11.1. The molecule has 0 aliphatic rings. The monoisotopic (exact) mass is 425 g/mol. The number of carboxylic acids is 1. The quantitative estimate of drug-likeness (QED) is 0.118. The summed E-state index contributed by atoms with van der Waals surface area (Å²) in [5.74, 6) is -1.15. The second-order valence-electron chi connectivity index (χ2n) is 7.65. The van der Waals surface area contributed by atoms with Gasteiger partial charge in [0.05, 0.1) is 0 Å². The Morgan fingerprint density at radius 2 is 1.39 bits per heavy atom. The molecule has 2 atom stereocenters. The van der Waals surface area contributed by atoms with E-state index in [0.29, 0.717) is 6.42 Å². The van der Waals surface area contributed by atoms with Gasteiger partial charge in [-0.05, 0) is 19.3 Å². The zero-order chi connectivity index (χ0) is 21.5. The Morgan fingerprint density at radius 1 is 0.964 bits per heavy atom. The standard InChI is InChI=1S/C19H40NO7P/c1-2-3-4-5-6-7-8-9-10-11-12-13-16-19(20,23)17(14-15-18(21)22)27-28(24,25)26/h17,23H,2-16,20H2,1H3,(H,21,22)(H2,24,25,26). The Balaban J connectivity index is 3.98. The highest BCUT2D eigenvalue weighted by Gasteiger charge is 2.37. The fraction of sp³-hybridized carbons (Fsp3) is 0.947. The summed E-state index contributed by atoms with van der Waals surface area (Å²) in [6, 6.07) is 0. The number of phosphoric acid groups is 1. The van der Waals surface area contributed by atoms with Crippen LogP contribution in [0.5, 0.6) is 0 Å². The third-order valence-corrected chi connectivity index (χ3v) is 5.40. The molecule has 0 saturated heterocycles. The molecule has 0 spiro atoms. The molecule has 0 fully saturated rings. The van der Waals surface area contributed by atoms with Gasteiger partial charge in [-0.1, -0.05) is 77.6 Å². The highest BCUT2D eigenvalue weighted by atomic mass is 31.2. The zero-order valence-electron chi connectivity index (χ0n) is 17.2. The van der Waals surface area contributed by atoms with Gasteiger partial charge in [-0.2, -0.15) is 0 Å². The summed E-state index contributed by atoms with van der Waals surface area (Å²) in [7, 11) is -4.88. The smallest absolute Gasteiger partial charge is 0.470 e. The zero-order valence-corrected chi connectivity index (χ0v) is 18.1. The lowest BCUT2D eigenvalue weighted by atomic mass is 9.96. The lowest BCUT2D eigenvalue weighted by Gasteiger charge is -2.32. The molecular formula is C19H40NO7P. The van der Waals surface area contributed by atoms with Crippen molar-refractivity contribution in [3.8, 4) is 0 Å². The number of carbonyl (C=O) groups is 1. The van der Waals surface area contributed by atoms with Gasteiger partial charge in [0.25, 0.3) is 0 Å². The highest BCUT2D eigenvalue weighted by molar-refractivity contribution is 7.46. The van der Waals surface area contributed by atoms with Gasteiger partial charge in [-0.3, -0.25) is 9.32 Å². The molecule has 28 heavy (non-hydrogen) atoms. The number of rotatable bonds is 19. The number of hydrogen-bond acceptors (Lipinski definition) is 5. The number of hydrogen-bond donors (Lipinski definition) is 5. The first kappa shape index (κ1) is 27.5. The molecule has 0 saturated carbocycles. The number of nitrogens with two attached hydrogens (primary N) is 1. The van der Waals surface area contributed by atoms with E-state index in [1.165, 1.54) is 51.4 Å². The topological polar surface area (TPSA) is 150 Å². The number of unbranched alkanes of at least 4 members (excludes halogenated alkanes) is 11. The fourth-order valence-electron chi connectivity index (χ4n) is 3.22. The molecule has 0 radical (unpaired) electrons. The van der Waals surface area contributed by atoms with Gasteiger partial charge in [-0.25, -0.2) is 4.57 Å². The van der Waals surface area contributed by atoms with Crippen LogP contribution < -0.4 is 5.73 Å². The summed E-state index contributed by atoms with van der Waals surface area (Å²) in [6.07, 6.45) is 11.8. The van der Waals surface area contributed by atoms with E-state index in [2.05, 4.69) is 11.4 Å². The molecule has 8 nitrogen and oxygen atoms in total.